The molecule has 0 spiro atoms. The van der Waals surface area contributed by atoms with Crippen LogP contribution in [0.25, 0.3) is 0 Å². The molecule has 2 heterocycles. The number of ether oxygens (including phenoxy) is 1. The highest BCUT2D eigenvalue weighted by atomic mass is 32.2. The molecule has 4 rings (SSSR count). The Hall–Kier alpha value is -2.91. The molecule has 2 aliphatic rings. The van der Waals surface area contributed by atoms with Crippen molar-refractivity contribution in [3.63, 3.8) is 0 Å². The van der Waals surface area contributed by atoms with Crippen molar-refractivity contribution < 1.29 is 22.7 Å². The SMILES string of the molecule is CN1C(=O)Cc2cc(S(=O)(=O)Nc3ccccc3C(=O)NCC3CCCO3)ccc21. The summed E-state index contributed by atoms with van der Waals surface area (Å²) < 4.78 is 33.9. The van der Waals surface area contributed by atoms with Gasteiger partial charge in [-0.2, -0.15) is 0 Å². The van der Waals surface area contributed by atoms with Crippen LogP contribution < -0.4 is 14.9 Å². The number of anilines is 2. The first-order valence-electron chi connectivity index (χ1n) is 9.76. The summed E-state index contributed by atoms with van der Waals surface area (Å²) in [5.41, 5.74) is 1.78. The smallest absolute Gasteiger partial charge is 0.261 e. The monoisotopic (exact) mass is 429 g/mol. The molecule has 2 aliphatic heterocycles. The molecule has 0 saturated carbocycles. The summed E-state index contributed by atoms with van der Waals surface area (Å²) >= 11 is 0. The zero-order chi connectivity index (χ0) is 21.3. The summed E-state index contributed by atoms with van der Waals surface area (Å²) in [6.07, 6.45) is 2.02. The molecule has 0 radical (unpaired) electrons. The summed E-state index contributed by atoms with van der Waals surface area (Å²) in [5, 5.41) is 2.81. The number of amides is 2. The van der Waals surface area contributed by atoms with Gasteiger partial charge in [-0.05, 0) is 48.7 Å². The third kappa shape index (κ3) is 4.03. The summed E-state index contributed by atoms with van der Waals surface area (Å²) in [6, 6.07) is 11.0. The Bertz CT molecular complexity index is 1090. The van der Waals surface area contributed by atoms with Crippen molar-refractivity contribution in [3.8, 4) is 0 Å². The van der Waals surface area contributed by atoms with E-state index in [-0.39, 0.29) is 40.5 Å². The highest BCUT2D eigenvalue weighted by molar-refractivity contribution is 7.92. The number of rotatable bonds is 6. The van der Waals surface area contributed by atoms with Crippen LogP contribution in [0.5, 0.6) is 0 Å². The number of nitrogens with one attached hydrogen (secondary N) is 2. The van der Waals surface area contributed by atoms with Gasteiger partial charge in [0.1, 0.15) is 0 Å². The molecule has 8 nitrogen and oxygen atoms in total. The Balaban J connectivity index is 1.53. The lowest BCUT2D eigenvalue weighted by Crippen LogP contribution is -2.32. The predicted octanol–water partition coefficient (Wildman–Crippen LogP) is 1.92. The molecule has 158 valence electrons. The zero-order valence-corrected chi connectivity index (χ0v) is 17.4. The van der Waals surface area contributed by atoms with E-state index in [0.29, 0.717) is 24.4 Å². The number of fused-ring (bicyclic) bond motifs is 1. The first kappa shape index (κ1) is 20.4. The number of carbonyl (C=O) groups is 2. The molecule has 1 atom stereocenters. The van der Waals surface area contributed by atoms with Crippen molar-refractivity contribution in [3.05, 3.63) is 53.6 Å². The minimum atomic E-state index is -3.94. The van der Waals surface area contributed by atoms with Crippen molar-refractivity contribution in [2.24, 2.45) is 0 Å². The summed E-state index contributed by atoms with van der Waals surface area (Å²) in [4.78, 5) is 26.0. The first-order valence-corrected chi connectivity index (χ1v) is 11.2. The maximum absolute atomic E-state index is 12.9. The van der Waals surface area contributed by atoms with Gasteiger partial charge >= 0.3 is 0 Å². The van der Waals surface area contributed by atoms with Crippen LogP contribution in [0.2, 0.25) is 0 Å². The fraction of sp³-hybridized carbons (Fsp3) is 0.333. The number of hydrogen-bond donors (Lipinski definition) is 2. The predicted molar refractivity (Wildman–Crippen MR) is 112 cm³/mol. The van der Waals surface area contributed by atoms with Crippen LogP contribution >= 0.6 is 0 Å². The molecule has 30 heavy (non-hydrogen) atoms. The molecule has 2 N–H and O–H groups in total. The summed E-state index contributed by atoms with van der Waals surface area (Å²) in [6.45, 7) is 1.07. The molecule has 2 amide bonds. The van der Waals surface area contributed by atoms with E-state index in [0.717, 1.165) is 12.8 Å². The number of sulfonamides is 1. The van der Waals surface area contributed by atoms with E-state index in [1.165, 1.54) is 17.0 Å². The molecule has 2 aromatic rings. The second-order valence-corrected chi connectivity index (χ2v) is 9.10. The normalized spacial score (nSPS) is 18.4. The number of benzene rings is 2. The second-order valence-electron chi connectivity index (χ2n) is 7.42. The molecule has 1 fully saturated rings. The van der Waals surface area contributed by atoms with Gasteiger partial charge < -0.3 is 15.0 Å². The van der Waals surface area contributed by atoms with Crippen LogP contribution in [0.1, 0.15) is 28.8 Å². The van der Waals surface area contributed by atoms with E-state index in [1.807, 2.05) is 0 Å². The highest BCUT2D eigenvalue weighted by Gasteiger charge is 2.27. The minimum Gasteiger partial charge on any atom is -0.376 e. The fourth-order valence-electron chi connectivity index (χ4n) is 3.69. The van der Waals surface area contributed by atoms with Crippen LogP contribution in [-0.2, 0) is 26.0 Å². The molecular weight excluding hydrogens is 406 g/mol. The largest absolute Gasteiger partial charge is 0.376 e. The van der Waals surface area contributed by atoms with E-state index in [4.69, 9.17) is 4.74 Å². The van der Waals surface area contributed by atoms with Crippen LogP contribution in [0, 0.1) is 0 Å². The number of hydrogen-bond acceptors (Lipinski definition) is 5. The maximum Gasteiger partial charge on any atom is 0.261 e. The minimum absolute atomic E-state index is 0.00920. The van der Waals surface area contributed by atoms with Crippen molar-refractivity contribution in [2.75, 3.05) is 29.8 Å². The zero-order valence-electron chi connectivity index (χ0n) is 16.6. The number of para-hydroxylation sites is 1. The van der Waals surface area contributed by atoms with Gasteiger partial charge in [0.15, 0.2) is 0 Å². The molecule has 0 bridgehead atoms. The van der Waals surface area contributed by atoms with Gasteiger partial charge in [0, 0.05) is 25.9 Å². The van der Waals surface area contributed by atoms with Gasteiger partial charge in [-0.3, -0.25) is 14.3 Å². The molecule has 9 heteroatoms. The van der Waals surface area contributed by atoms with Crippen molar-refractivity contribution in [1.82, 2.24) is 5.32 Å². The Morgan fingerprint density at radius 1 is 1.23 bits per heavy atom. The fourth-order valence-corrected chi connectivity index (χ4v) is 4.82. The molecular formula is C21H23N3O5S. The van der Waals surface area contributed by atoms with Gasteiger partial charge in [-0.25, -0.2) is 8.42 Å². The topological polar surface area (TPSA) is 105 Å². The molecule has 2 aromatic carbocycles. The van der Waals surface area contributed by atoms with Crippen molar-refractivity contribution in [2.45, 2.75) is 30.3 Å². The van der Waals surface area contributed by atoms with Gasteiger partial charge in [-0.15, -0.1) is 0 Å². The number of likely N-dealkylation sites (N-methyl/N-ethyl adjacent to an activating group) is 1. The van der Waals surface area contributed by atoms with Crippen molar-refractivity contribution in [1.29, 1.82) is 0 Å². The van der Waals surface area contributed by atoms with Gasteiger partial charge in [0.05, 0.1) is 28.7 Å². The van der Waals surface area contributed by atoms with Crippen LogP contribution in [0.4, 0.5) is 11.4 Å². The van der Waals surface area contributed by atoms with Crippen LogP contribution in [-0.4, -0.2) is 46.5 Å². The van der Waals surface area contributed by atoms with E-state index < -0.39 is 10.0 Å². The number of carbonyl (C=O) groups excluding carboxylic acids is 2. The average molecular weight is 429 g/mol. The quantitative estimate of drug-likeness (QED) is 0.730. The molecule has 0 aliphatic carbocycles. The molecule has 1 unspecified atom stereocenters. The second kappa shape index (κ2) is 8.08. The van der Waals surface area contributed by atoms with Gasteiger partial charge in [-0.1, -0.05) is 12.1 Å². The van der Waals surface area contributed by atoms with Crippen molar-refractivity contribution >= 4 is 33.2 Å². The Kier molecular flexibility index (Phi) is 5.48. The van der Waals surface area contributed by atoms with E-state index in [9.17, 15) is 18.0 Å². The molecule has 0 aromatic heterocycles. The standard InChI is InChI=1S/C21H23N3O5S/c1-24-19-9-8-16(11-14(19)12-20(24)25)30(27,28)23-18-7-3-2-6-17(18)21(26)22-13-15-5-4-10-29-15/h2-3,6-9,11,15,23H,4-5,10,12-13H2,1H3,(H,22,26). The van der Waals surface area contributed by atoms with Crippen LogP contribution in [0.3, 0.4) is 0 Å². The molecule has 1 saturated heterocycles. The first-order chi connectivity index (χ1) is 14.3. The lowest BCUT2D eigenvalue weighted by molar-refractivity contribution is -0.117. The van der Waals surface area contributed by atoms with Crippen LogP contribution in [0.15, 0.2) is 47.4 Å². The van der Waals surface area contributed by atoms with E-state index >= 15 is 0 Å². The summed E-state index contributed by atoms with van der Waals surface area (Å²) in [7, 11) is -2.28. The lowest BCUT2D eigenvalue weighted by Gasteiger charge is -2.15. The van der Waals surface area contributed by atoms with Gasteiger partial charge in [0.2, 0.25) is 5.91 Å². The maximum atomic E-state index is 12.9. The Morgan fingerprint density at radius 3 is 2.80 bits per heavy atom. The Labute approximate surface area is 175 Å². The third-order valence-corrected chi connectivity index (χ3v) is 6.73. The Morgan fingerprint density at radius 2 is 2.03 bits per heavy atom. The van der Waals surface area contributed by atoms with E-state index in [2.05, 4.69) is 10.0 Å². The third-order valence-electron chi connectivity index (χ3n) is 5.37. The summed E-state index contributed by atoms with van der Waals surface area (Å²) in [5.74, 6) is -0.453. The van der Waals surface area contributed by atoms with E-state index in [1.54, 1.807) is 37.4 Å². The average Bonchev–Trinajstić information content (AvgIpc) is 3.34. The van der Waals surface area contributed by atoms with Gasteiger partial charge in [0.25, 0.3) is 15.9 Å². The lowest BCUT2D eigenvalue weighted by atomic mass is 10.1. The number of nitrogens with zero attached hydrogens (tertiary/aromatic N) is 1. The highest BCUT2D eigenvalue weighted by Crippen LogP contribution is 2.30.